The fraction of sp³-hybridized carbons (Fsp3) is 0.211. The molecule has 28 heavy (non-hydrogen) atoms. The van der Waals surface area contributed by atoms with Gasteiger partial charge in [-0.2, -0.15) is 27.8 Å². The Kier molecular flexibility index (Phi) is 4.47. The molecule has 0 spiro atoms. The van der Waals surface area contributed by atoms with Gasteiger partial charge in [0, 0.05) is 37.8 Å². The molecule has 5 nitrogen and oxygen atoms in total. The van der Waals surface area contributed by atoms with Crippen molar-refractivity contribution in [2.75, 3.05) is 36.0 Å². The molecule has 0 amide bonds. The quantitative estimate of drug-likeness (QED) is 0.498. The lowest BCUT2D eigenvalue weighted by Crippen LogP contribution is -2.47. The third-order valence-corrected chi connectivity index (χ3v) is 4.75. The van der Waals surface area contributed by atoms with Gasteiger partial charge in [0.2, 0.25) is 11.6 Å². The highest BCUT2D eigenvalue weighted by Gasteiger charge is 2.29. The zero-order chi connectivity index (χ0) is 19.8. The van der Waals surface area contributed by atoms with Crippen molar-refractivity contribution in [3.05, 3.63) is 59.6 Å². The summed E-state index contributed by atoms with van der Waals surface area (Å²) >= 11 is 0. The van der Waals surface area contributed by atoms with Crippen LogP contribution in [0.2, 0.25) is 0 Å². The van der Waals surface area contributed by atoms with Crippen LogP contribution in [0.1, 0.15) is 5.56 Å². The van der Waals surface area contributed by atoms with Crippen LogP contribution in [0.3, 0.4) is 0 Å². The van der Waals surface area contributed by atoms with Crippen molar-refractivity contribution in [1.82, 2.24) is 9.97 Å². The Morgan fingerprint density at radius 2 is 1.43 bits per heavy atom. The summed E-state index contributed by atoms with van der Waals surface area (Å²) in [6.07, 6.45) is 1.48. The van der Waals surface area contributed by atoms with E-state index in [9.17, 15) is 22.8 Å². The Bertz CT molecular complexity index is 1080. The van der Waals surface area contributed by atoms with Crippen molar-refractivity contribution < 1.29 is 17.6 Å². The van der Waals surface area contributed by atoms with Crippen molar-refractivity contribution in [3.63, 3.8) is 0 Å². The first-order valence-electron chi connectivity index (χ1n) is 8.49. The molecule has 0 N–H and O–H groups in total. The van der Waals surface area contributed by atoms with E-state index < -0.39 is 29.2 Å². The van der Waals surface area contributed by atoms with E-state index in [1.165, 1.54) is 11.1 Å². The summed E-state index contributed by atoms with van der Waals surface area (Å²) < 4.78 is 54.9. The molecule has 0 unspecified atom stereocenters. The van der Waals surface area contributed by atoms with Crippen LogP contribution in [0.25, 0.3) is 10.9 Å². The lowest BCUT2D eigenvalue weighted by Gasteiger charge is -2.38. The Balaban J connectivity index is 1.67. The van der Waals surface area contributed by atoms with Crippen LogP contribution in [0.4, 0.5) is 28.9 Å². The predicted octanol–water partition coefficient (Wildman–Crippen LogP) is 3.38. The summed E-state index contributed by atoms with van der Waals surface area (Å²) in [5, 5.41) is 10.2. The molecule has 0 radical (unpaired) electrons. The van der Waals surface area contributed by atoms with E-state index >= 15 is 0 Å². The molecular weight excluding hydrogens is 374 g/mol. The van der Waals surface area contributed by atoms with Crippen LogP contribution in [0.15, 0.2) is 30.5 Å². The normalized spacial score (nSPS) is 14.4. The zero-order valence-corrected chi connectivity index (χ0v) is 14.5. The van der Waals surface area contributed by atoms with Gasteiger partial charge in [-0.3, -0.25) is 4.98 Å². The highest BCUT2D eigenvalue weighted by molar-refractivity contribution is 5.94. The number of fused-ring (bicyclic) bond motifs is 1. The van der Waals surface area contributed by atoms with Gasteiger partial charge in [0.25, 0.3) is 11.9 Å². The van der Waals surface area contributed by atoms with Gasteiger partial charge >= 0.3 is 0 Å². The average Bonchev–Trinajstić information content (AvgIpc) is 2.72. The van der Waals surface area contributed by atoms with Gasteiger partial charge in [-0.1, -0.05) is 18.2 Å². The third-order valence-electron chi connectivity index (χ3n) is 4.75. The van der Waals surface area contributed by atoms with Crippen LogP contribution in [0.5, 0.6) is 0 Å². The van der Waals surface area contributed by atoms with Crippen LogP contribution in [-0.4, -0.2) is 36.1 Å². The molecule has 142 valence electrons. The number of aromatic nitrogens is 2. The maximum atomic E-state index is 14.0. The van der Waals surface area contributed by atoms with Crippen LogP contribution in [0, 0.1) is 34.9 Å². The van der Waals surface area contributed by atoms with E-state index in [-0.39, 0.29) is 13.1 Å². The number of benzene rings is 1. The van der Waals surface area contributed by atoms with E-state index in [2.05, 4.69) is 16.0 Å². The Morgan fingerprint density at radius 3 is 2.04 bits per heavy atom. The number of hydrogen-bond donors (Lipinski definition) is 0. The van der Waals surface area contributed by atoms with Gasteiger partial charge < -0.3 is 9.80 Å². The number of rotatable bonds is 2. The van der Waals surface area contributed by atoms with E-state index in [4.69, 9.17) is 0 Å². The van der Waals surface area contributed by atoms with Crippen molar-refractivity contribution in [2.45, 2.75) is 0 Å². The molecule has 1 aromatic carbocycles. The van der Waals surface area contributed by atoms with E-state index in [0.717, 1.165) is 5.39 Å². The molecule has 1 aliphatic heterocycles. The molecule has 0 bridgehead atoms. The lowest BCUT2D eigenvalue weighted by molar-refractivity contribution is 0.404. The fourth-order valence-corrected chi connectivity index (χ4v) is 3.46. The Labute approximate surface area is 157 Å². The van der Waals surface area contributed by atoms with Gasteiger partial charge in [0.1, 0.15) is 11.8 Å². The highest BCUT2D eigenvalue weighted by Crippen LogP contribution is 2.32. The molecule has 1 fully saturated rings. The monoisotopic (exact) mass is 387 g/mol. The molecule has 3 aromatic rings. The molecule has 0 saturated carbocycles. The second-order valence-corrected chi connectivity index (χ2v) is 6.29. The molecular formula is C19H13F4N5. The minimum absolute atomic E-state index is 0.109. The minimum atomic E-state index is -1.68. The summed E-state index contributed by atoms with van der Waals surface area (Å²) in [5.74, 6) is -6.38. The number of nitriles is 1. The lowest BCUT2D eigenvalue weighted by atomic mass is 10.1. The average molecular weight is 387 g/mol. The summed E-state index contributed by atoms with van der Waals surface area (Å²) in [6.45, 7) is 0.816. The number of hydrogen-bond acceptors (Lipinski definition) is 5. The van der Waals surface area contributed by atoms with E-state index in [1.807, 2.05) is 29.2 Å². The number of pyridine rings is 2. The van der Waals surface area contributed by atoms with Crippen molar-refractivity contribution in [2.24, 2.45) is 0 Å². The van der Waals surface area contributed by atoms with Gasteiger partial charge in [-0.15, -0.1) is 0 Å². The fourth-order valence-electron chi connectivity index (χ4n) is 3.46. The molecule has 0 atom stereocenters. The van der Waals surface area contributed by atoms with Gasteiger partial charge in [-0.05, 0) is 6.07 Å². The SMILES string of the molecule is N#Cc1cnc2ccccc2c1N1CCN(c2c(F)c(F)nc(F)c2F)CC1. The third kappa shape index (κ3) is 2.87. The highest BCUT2D eigenvalue weighted by atomic mass is 19.2. The Hall–Kier alpha value is -3.41. The molecule has 4 rings (SSSR count). The van der Waals surface area contributed by atoms with Crippen LogP contribution < -0.4 is 9.80 Å². The minimum Gasteiger partial charge on any atom is -0.366 e. The molecule has 3 heterocycles. The molecule has 0 aliphatic carbocycles. The second-order valence-electron chi connectivity index (χ2n) is 6.29. The summed E-state index contributed by atoms with van der Waals surface area (Å²) in [7, 11) is 0. The second kappa shape index (κ2) is 6.96. The number of nitrogens with zero attached hydrogens (tertiary/aromatic N) is 5. The van der Waals surface area contributed by atoms with Crippen molar-refractivity contribution >= 4 is 22.3 Å². The number of anilines is 2. The smallest absolute Gasteiger partial charge is 0.253 e. The van der Waals surface area contributed by atoms with Crippen molar-refractivity contribution in [1.29, 1.82) is 5.26 Å². The predicted molar refractivity (Wildman–Crippen MR) is 95.0 cm³/mol. The van der Waals surface area contributed by atoms with Crippen LogP contribution in [-0.2, 0) is 0 Å². The van der Waals surface area contributed by atoms with E-state index in [1.54, 1.807) is 0 Å². The summed E-state index contributed by atoms with van der Waals surface area (Å²) in [5.41, 5.74) is 1.02. The molecule has 9 heteroatoms. The van der Waals surface area contributed by atoms with Gasteiger partial charge in [0.15, 0.2) is 0 Å². The van der Waals surface area contributed by atoms with Gasteiger partial charge in [0.05, 0.1) is 16.8 Å². The van der Waals surface area contributed by atoms with Crippen molar-refractivity contribution in [3.8, 4) is 6.07 Å². The standard InChI is InChI=1S/C19H13F4N5/c20-14-17(15(21)19(23)26-18(14)22)28-7-5-27(6-8-28)16-11(9-24)10-25-13-4-2-1-3-12(13)16/h1-4,10H,5-8H2. The molecule has 2 aromatic heterocycles. The molecule has 1 aliphatic rings. The van der Waals surface area contributed by atoms with E-state index in [0.29, 0.717) is 29.9 Å². The summed E-state index contributed by atoms with van der Waals surface area (Å²) in [4.78, 5) is 9.99. The first kappa shape index (κ1) is 18.0. The first-order chi connectivity index (χ1) is 13.5. The first-order valence-corrected chi connectivity index (χ1v) is 8.49. The Morgan fingerprint density at radius 1 is 0.857 bits per heavy atom. The summed E-state index contributed by atoms with van der Waals surface area (Å²) in [6, 6.07) is 9.45. The topological polar surface area (TPSA) is 56.1 Å². The number of halogens is 4. The maximum absolute atomic E-state index is 14.0. The maximum Gasteiger partial charge on any atom is 0.253 e. The largest absolute Gasteiger partial charge is 0.366 e. The zero-order valence-electron chi connectivity index (χ0n) is 14.5. The number of piperazine rings is 1. The number of para-hydroxylation sites is 1. The van der Waals surface area contributed by atoms with Gasteiger partial charge in [-0.25, -0.2) is 0 Å². The molecule has 1 saturated heterocycles. The van der Waals surface area contributed by atoms with Crippen LogP contribution >= 0.6 is 0 Å².